The summed E-state index contributed by atoms with van der Waals surface area (Å²) in [5.74, 6) is 0.493. The summed E-state index contributed by atoms with van der Waals surface area (Å²) in [6, 6.07) is 0.378. The quantitative estimate of drug-likeness (QED) is 0.759. The molecule has 2 rings (SSSR count). The first-order chi connectivity index (χ1) is 6.81. The van der Waals surface area contributed by atoms with E-state index in [1.54, 1.807) is 13.2 Å². The number of hydrogen-bond donors (Lipinski definition) is 1. The Hall–Kier alpha value is -1.98. The lowest BCUT2D eigenvalue weighted by atomic mass is 10.2. The highest BCUT2D eigenvalue weighted by molar-refractivity contribution is 5.56. The van der Waals surface area contributed by atoms with Crippen LogP contribution in [0.3, 0.4) is 0 Å². The fourth-order valence-electron chi connectivity index (χ4n) is 1.04. The van der Waals surface area contributed by atoms with Crippen molar-refractivity contribution in [2.75, 3.05) is 12.4 Å². The molecule has 0 bridgehead atoms. The van der Waals surface area contributed by atoms with Gasteiger partial charge < -0.3 is 9.84 Å². The summed E-state index contributed by atoms with van der Waals surface area (Å²) in [4.78, 5) is 12.0. The van der Waals surface area contributed by atoms with E-state index in [1.165, 1.54) is 6.33 Å². The molecule has 0 aliphatic heterocycles. The molecule has 0 radical (unpaired) electrons. The fraction of sp³-hybridized carbons (Fsp3) is 0.250. The van der Waals surface area contributed by atoms with Gasteiger partial charge in [-0.1, -0.05) is 5.16 Å². The van der Waals surface area contributed by atoms with Crippen LogP contribution in [0, 0.1) is 6.92 Å². The van der Waals surface area contributed by atoms with Gasteiger partial charge in [-0.15, -0.1) is 0 Å². The molecule has 0 saturated carbocycles. The number of nitrogens with zero attached hydrogens (tertiary/aromatic N) is 4. The lowest BCUT2D eigenvalue weighted by Crippen LogP contribution is -1.91. The second-order valence-corrected chi connectivity index (χ2v) is 2.69. The number of nitrogens with one attached hydrogen (secondary N) is 1. The Morgan fingerprint density at radius 1 is 1.43 bits per heavy atom. The Bertz CT molecular complexity index is 439. The molecule has 14 heavy (non-hydrogen) atoms. The summed E-state index contributed by atoms with van der Waals surface area (Å²) in [5, 5.41) is 6.54. The third-order valence-electron chi connectivity index (χ3n) is 1.79. The summed E-state index contributed by atoms with van der Waals surface area (Å²) < 4.78 is 4.90. The molecule has 0 aliphatic carbocycles. The normalized spacial score (nSPS) is 10.1. The van der Waals surface area contributed by atoms with Crippen molar-refractivity contribution in [2.45, 2.75) is 6.92 Å². The minimum atomic E-state index is 0.378. The lowest BCUT2D eigenvalue weighted by molar-refractivity contribution is 0.434. The van der Waals surface area contributed by atoms with Gasteiger partial charge in [-0.3, -0.25) is 0 Å². The lowest BCUT2D eigenvalue weighted by Gasteiger charge is -1.95. The molecule has 0 amide bonds. The minimum Gasteiger partial charge on any atom is -0.341 e. The predicted molar refractivity (Wildman–Crippen MR) is 49.6 cm³/mol. The van der Waals surface area contributed by atoms with Gasteiger partial charge in [0.05, 0.1) is 11.3 Å². The van der Waals surface area contributed by atoms with Gasteiger partial charge in [-0.25, -0.2) is 9.97 Å². The van der Waals surface area contributed by atoms with Crippen LogP contribution in [0.25, 0.3) is 11.4 Å². The topological polar surface area (TPSA) is 76.7 Å². The molecule has 0 fully saturated rings. The number of hydrogen-bond acceptors (Lipinski definition) is 6. The third kappa shape index (κ3) is 1.41. The van der Waals surface area contributed by atoms with E-state index in [4.69, 9.17) is 4.52 Å². The standard InChI is InChI=1S/C8H9N5O/c1-5-6(3-10-4-11-5)7-12-8(9-2)14-13-7/h3-4H,1-2H3,(H,9,12,13). The van der Waals surface area contributed by atoms with Crippen molar-refractivity contribution in [2.24, 2.45) is 0 Å². The molecule has 0 spiro atoms. The van der Waals surface area contributed by atoms with Crippen molar-refractivity contribution in [3.8, 4) is 11.4 Å². The smallest absolute Gasteiger partial charge is 0.321 e. The average molecular weight is 191 g/mol. The number of rotatable bonds is 2. The Kier molecular flexibility index (Phi) is 2.10. The summed E-state index contributed by atoms with van der Waals surface area (Å²) in [7, 11) is 1.71. The number of anilines is 1. The molecule has 1 N–H and O–H groups in total. The summed E-state index contributed by atoms with van der Waals surface area (Å²) in [5.41, 5.74) is 1.60. The zero-order chi connectivity index (χ0) is 9.97. The van der Waals surface area contributed by atoms with E-state index < -0.39 is 0 Å². The van der Waals surface area contributed by atoms with E-state index in [0.717, 1.165) is 11.3 Å². The largest absolute Gasteiger partial charge is 0.341 e. The SMILES string of the molecule is CNc1nc(-c2cncnc2C)no1. The van der Waals surface area contributed by atoms with Crippen LogP contribution in [0.2, 0.25) is 0 Å². The molecule has 72 valence electrons. The van der Waals surface area contributed by atoms with Gasteiger partial charge in [-0.2, -0.15) is 4.98 Å². The summed E-state index contributed by atoms with van der Waals surface area (Å²) in [6.07, 6.45) is 3.14. The first-order valence-corrected chi connectivity index (χ1v) is 4.09. The molecule has 2 heterocycles. The summed E-state index contributed by atoms with van der Waals surface area (Å²) >= 11 is 0. The average Bonchev–Trinajstić information content (AvgIpc) is 2.67. The molecule has 6 heteroatoms. The molecular weight excluding hydrogens is 182 g/mol. The Balaban J connectivity index is 2.44. The van der Waals surface area contributed by atoms with Crippen LogP contribution >= 0.6 is 0 Å². The molecule has 2 aromatic rings. The van der Waals surface area contributed by atoms with E-state index in [9.17, 15) is 0 Å². The molecule has 0 unspecified atom stereocenters. The Labute approximate surface area is 80.4 Å². The zero-order valence-electron chi connectivity index (χ0n) is 7.85. The van der Waals surface area contributed by atoms with Crippen LogP contribution in [0.15, 0.2) is 17.0 Å². The van der Waals surface area contributed by atoms with Crippen molar-refractivity contribution in [3.05, 3.63) is 18.2 Å². The molecule has 0 aliphatic rings. The van der Waals surface area contributed by atoms with Gasteiger partial charge in [-0.05, 0) is 6.92 Å². The third-order valence-corrected chi connectivity index (χ3v) is 1.79. The molecule has 6 nitrogen and oxygen atoms in total. The number of aryl methyl sites for hydroxylation is 1. The molecule has 0 saturated heterocycles. The molecule has 0 aromatic carbocycles. The van der Waals surface area contributed by atoms with E-state index in [0.29, 0.717) is 11.8 Å². The maximum atomic E-state index is 4.90. The Morgan fingerprint density at radius 3 is 2.93 bits per heavy atom. The molecule has 2 aromatic heterocycles. The van der Waals surface area contributed by atoms with Crippen LogP contribution < -0.4 is 5.32 Å². The van der Waals surface area contributed by atoms with Crippen molar-refractivity contribution in [1.29, 1.82) is 0 Å². The second-order valence-electron chi connectivity index (χ2n) is 2.69. The highest BCUT2D eigenvalue weighted by atomic mass is 16.5. The van der Waals surface area contributed by atoms with Crippen LogP contribution in [0.1, 0.15) is 5.69 Å². The molecule has 0 atom stereocenters. The fourth-order valence-corrected chi connectivity index (χ4v) is 1.04. The van der Waals surface area contributed by atoms with Gasteiger partial charge in [0.2, 0.25) is 5.82 Å². The maximum absolute atomic E-state index is 4.90. The van der Waals surface area contributed by atoms with Gasteiger partial charge >= 0.3 is 6.01 Å². The van der Waals surface area contributed by atoms with Gasteiger partial charge in [0.25, 0.3) is 0 Å². The van der Waals surface area contributed by atoms with Crippen molar-refractivity contribution in [3.63, 3.8) is 0 Å². The van der Waals surface area contributed by atoms with E-state index in [1.807, 2.05) is 6.92 Å². The minimum absolute atomic E-state index is 0.378. The van der Waals surface area contributed by atoms with E-state index in [-0.39, 0.29) is 0 Å². The number of aromatic nitrogens is 4. The van der Waals surface area contributed by atoms with Crippen molar-refractivity contribution >= 4 is 6.01 Å². The first kappa shape index (κ1) is 8.61. The van der Waals surface area contributed by atoms with Gasteiger partial charge in [0, 0.05) is 13.2 Å². The van der Waals surface area contributed by atoms with Crippen LogP contribution in [-0.4, -0.2) is 27.2 Å². The zero-order valence-corrected chi connectivity index (χ0v) is 7.85. The monoisotopic (exact) mass is 191 g/mol. The first-order valence-electron chi connectivity index (χ1n) is 4.09. The molecular formula is C8H9N5O. The Morgan fingerprint density at radius 2 is 2.29 bits per heavy atom. The van der Waals surface area contributed by atoms with E-state index in [2.05, 4.69) is 25.4 Å². The second kappa shape index (κ2) is 3.41. The summed E-state index contributed by atoms with van der Waals surface area (Å²) in [6.45, 7) is 1.87. The maximum Gasteiger partial charge on any atom is 0.321 e. The van der Waals surface area contributed by atoms with Gasteiger partial charge in [0.15, 0.2) is 0 Å². The van der Waals surface area contributed by atoms with E-state index >= 15 is 0 Å². The highest BCUT2D eigenvalue weighted by Gasteiger charge is 2.10. The van der Waals surface area contributed by atoms with Gasteiger partial charge in [0.1, 0.15) is 6.33 Å². The predicted octanol–water partition coefficient (Wildman–Crippen LogP) is 0.877. The van der Waals surface area contributed by atoms with Crippen molar-refractivity contribution in [1.82, 2.24) is 20.1 Å². The van der Waals surface area contributed by atoms with Crippen LogP contribution in [0.4, 0.5) is 6.01 Å². The van der Waals surface area contributed by atoms with Crippen LogP contribution in [-0.2, 0) is 0 Å². The highest BCUT2D eigenvalue weighted by Crippen LogP contribution is 2.18. The van der Waals surface area contributed by atoms with Crippen LogP contribution in [0.5, 0.6) is 0 Å². The van der Waals surface area contributed by atoms with Crippen molar-refractivity contribution < 1.29 is 4.52 Å².